The first kappa shape index (κ1) is 12.0. The molecule has 0 aromatic carbocycles. The molecule has 0 aromatic rings. The molecule has 1 fully saturated rings. The summed E-state index contributed by atoms with van der Waals surface area (Å²) >= 11 is 0. The highest BCUT2D eigenvalue weighted by atomic mass is 14.9. The second-order valence-corrected chi connectivity index (χ2v) is 5.95. The predicted molar refractivity (Wildman–Crippen MR) is 63.5 cm³/mol. The third-order valence-corrected chi connectivity index (χ3v) is 3.39. The average molecular weight is 197 g/mol. The summed E-state index contributed by atoms with van der Waals surface area (Å²) < 4.78 is 0. The van der Waals surface area contributed by atoms with Gasteiger partial charge in [-0.1, -0.05) is 34.1 Å². The van der Waals surface area contributed by atoms with Gasteiger partial charge in [-0.25, -0.2) is 0 Å². The van der Waals surface area contributed by atoms with Gasteiger partial charge in [0.25, 0.3) is 0 Å². The fourth-order valence-corrected chi connectivity index (χ4v) is 2.53. The van der Waals surface area contributed by atoms with Crippen LogP contribution in [0.15, 0.2) is 0 Å². The third-order valence-electron chi connectivity index (χ3n) is 3.39. The van der Waals surface area contributed by atoms with Crippen molar-refractivity contribution in [2.75, 3.05) is 6.54 Å². The number of rotatable bonds is 4. The Balaban J connectivity index is 2.29. The van der Waals surface area contributed by atoms with Crippen molar-refractivity contribution in [3.05, 3.63) is 0 Å². The van der Waals surface area contributed by atoms with Crippen molar-refractivity contribution in [1.29, 1.82) is 0 Å². The maximum Gasteiger partial charge on any atom is 0.00952 e. The minimum atomic E-state index is 0.513. The molecule has 0 bridgehead atoms. The van der Waals surface area contributed by atoms with E-state index in [1.165, 1.54) is 32.1 Å². The van der Waals surface area contributed by atoms with Crippen LogP contribution in [-0.4, -0.2) is 12.6 Å². The molecule has 2 atom stereocenters. The van der Waals surface area contributed by atoms with E-state index in [1.54, 1.807) is 0 Å². The molecule has 1 N–H and O–H groups in total. The molecule has 1 rings (SSSR count). The Bertz CT molecular complexity index is 157. The Labute approximate surface area is 89.7 Å². The van der Waals surface area contributed by atoms with Crippen molar-refractivity contribution in [1.82, 2.24) is 5.32 Å². The molecule has 0 radical (unpaired) electrons. The molecule has 1 saturated carbocycles. The Hall–Kier alpha value is -0.0400. The van der Waals surface area contributed by atoms with E-state index in [2.05, 4.69) is 33.0 Å². The van der Waals surface area contributed by atoms with Gasteiger partial charge in [0.15, 0.2) is 0 Å². The van der Waals surface area contributed by atoms with E-state index in [0.717, 1.165) is 18.5 Å². The highest BCUT2D eigenvalue weighted by Crippen LogP contribution is 2.33. The molecule has 0 aliphatic heterocycles. The molecule has 2 unspecified atom stereocenters. The van der Waals surface area contributed by atoms with E-state index in [0.29, 0.717) is 5.41 Å². The first-order valence-corrected chi connectivity index (χ1v) is 6.26. The van der Waals surface area contributed by atoms with Crippen LogP contribution in [0, 0.1) is 11.3 Å². The molecule has 0 heterocycles. The summed E-state index contributed by atoms with van der Waals surface area (Å²) in [5.74, 6) is 0.953. The maximum absolute atomic E-state index is 3.63. The lowest BCUT2D eigenvalue weighted by atomic mass is 9.85. The van der Waals surface area contributed by atoms with Crippen LogP contribution in [0.3, 0.4) is 0 Å². The lowest BCUT2D eigenvalue weighted by Gasteiger charge is -2.25. The molecule has 0 amide bonds. The fraction of sp³-hybridized carbons (Fsp3) is 1.00. The molecule has 14 heavy (non-hydrogen) atoms. The van der Waals surface area contributed by atoms with Gasteiger partial charge in [0, 0.05) is 6.04 Å². The summed E-state index contributed by atoms with van der Waals surface area (Å²) in [6, 6.07) is 0.822. The van der Waals surface area contributed by atoms with Gasteiger partial charge < -0.3 is 5.32 Å². The van der Waals surface area contributed by atoms with Crippen LogP contribution >= 0.6 is 0 Å². The van der Waals surface area contributed by atoms with E-state index in [4.69, 9.17) is 0 Å². The van der Waals surface area contributed by atoms with Crippen molar-refractivity contribution >= 4 is 0 Å². The second kappa shape index (κ2) is 5.16. The normalized spacial score (nSPS) is 28.3. The van der Waals surface area contributed by atoms with Crippen LogP contribution in [-0.2, 0) is 0 Å². The minimum absolute atomic E-state index is 0.513. The summed E-state index contributed by atoms with van der Waals surface area (Å²) in [5.41, 5.74) is 0.513. The van der Waals surface area contributed by atoms with Crippen LogP contribution in [0.4, 0.5) is 0 Å². The highest BCUT2D eigenvalue weighted by molar-refractivity contribution is 4.83. The van der Waals surface area contributed by atoms with Crippen LogP contribution in [0.5, 0.6) is 0 Å². The third kappa shape index (κ3) is 4.00. The summed E-state index contributed by atoms with van der Waals surface area (Å²) in [6.45, 7) is 10.4. The lowest BCUT2D eigenvalue weighted by Crippen LogP contribution is -2.32. The van der Waals surface area contributed by atoms with Crippen LogP contribution < -0.4 is 5.32 Å². The summed E-state index contributed by atoms with van der Waals surface area (Å²) in [7, 11) is 0. The summed E-state index contributed by atoms with van der Waals surface area (Å²) in [6.07, 6.45) is 7.09. The largest absolute Gasteiger partial charge is 0.314 e. The smallest absolute Gasteiger partial charge is 0.00952 e. The predicted octanol–water partition coefficient (Wildman–Crippen LogP) is 3.59. The van der Waals surface area contributed by atoms with Crippen molar-refractivity contribution in [3.8, 4) is 0 Å². The standard InChI is InChI=1S/C13H27N/c1-5-14-12-8-6-7-11(12)9-10-13(2,3)4/h11-12,14H,5-10H2,1-4H3. The molecular formula is C13H27N. The Morgan fingerprint density at radius 3 is 2.50 bits per heavy atom. The lowest BCUT2D eigenvalue weighted by molar-refractivity contribution is 0.296. The summed E-state index contributed by atoms with van der Waals surface area (Å²) in [4.78, 5) is 0. The molecular weight excluding hydrogens is 170 g/mol. The van der Waals surface area contributed by atoms with Crippen molar-refractivity contribution in [3.63, 3.8) is 0 Å². The maximum atomic E-state index is 3.63. The number of hydrogen-bond acceptors (Lipinski definition) is 1. The minimum Gasteiger partial charge on any atom is -0.314 e. The monoisotopic (exact) mass is 197 g/mol. The zero-order valence-corrected chi connectivity index (χ0v) is 10.4. The van der Waals surface area contributed by atoms with E-state index in [9.17, 15) is 0 Å². The first-order chi connectivity index (χ1) is 6.53. The topological polar surface area (TPSA) is 12.0 Å². The van der Waals surface area contributed by atoms with Crippen molar-refractivity contribution < 1.29 is 0 Å². The van der Waals surface area contributed by atoms with Crippen molar-refractivity contribution in [2.45, 2.75) is 65.8 Å². The van der Waals surface area contributed by atoms with Gasteiger partial charge in [-0.15, -0.1) is 0 Å². The van der Waals surface area contributed by atoms with Gasteiger partial charge in [0.05, 0.1) is 0 Å². The Morgan fingerprint density at radius 2 is 1.93 bits per heavy atom. The SMILES string of the molecule is CCNC1CCCC1CCC(C)(C)C. The fourth-order valence-electron chi connectivity index (χ4n) is 2.53. The second-order valence-electron chi connectivity index (χ2n) is 5.95. The van der Waals surface area contributed by atoms with Gasteiger partial charge in [0.1, 0.15) is 0 Å². The van der Waals surface area contributed by atoms with E-state index in [1.807, 2.05) is 0 Å². The first-order valence-electron chi connectivity index (χ1n) is 6.26. The quantitative estimate of drug-likeness (QED) is 0.726. The molecule has 84 valence electrons. The van der Waals surface area contributed by atoms with Crippen LogP contribution in [0.1, 0.15) is 59.8 Å². The molecule has 0 aromatic heterocycles. The zero-order valence-electron chi connectivity index (χ0n) is 10.4. The van der Waals surface area contributed by atoms with E-state index >= 15 is 0 Å². The van der Waals surface area contributed by atoms with Gasteiger partial charge in [-0.05, 0) is 43.6 Å². The van der Waals surface area contributed by atoms with Gasteiger partial charge in [-0.3, -0.25) is 0 Å². The van der Waals surface area contributed by atoms with E-state index < -0.39 is 0 Å². The molecule has 1 nitrogen and oxygen atoms in total. The molecule has 1 aliphatic carbocycles. The number of nitrogens with one attached hydrogen (secondary N) is 1. The van der Waals surface area contributed by atoms with Gasteiger partial charge in [0.2, 0.25) is 0 Å². The zero-order chi connectivity index (χ0) is 10.6. The molecule has 1 heteroatoms. The molecule has 0 spiro atoms. The van der Waals surface area contributed by atoms with Crippen LogP contribution in [0.25, 0.3) is 0 Å². The van der Waals surface area contributed by atoms with Gasteiger partial charge >= 0.3 is 0 Å². The molecule has 1 aliphatic rings. The van der Waals surface area contributed by atoms with Crippen LogP contribution in [0.2, 0.25) is 0 Å². The van der Waals surface area contributed by atoms with E-state index in [-0.39, 0.29) is 0 Å². The van der Waals surface area contributed by atoms with Crippen molar-refractivity contribution in [2.24, 2.45) is 11.3 Å². The van der Waals surface area contributed by atoms with Gasteiger partial charge in [-0.2, -0.15) is 0 Å². The highest BCUT2D eigenvalue weighted by Gasteiger charge is 2.27. The Morgan fingerprint density at radius 1 is 1.21 bits per heavy atom. The average Bonchev–Trinajstić information content (AvgIpc) is 2.48. The summed E-state index contributed by atoms with van der Waals surface area (Å²) in [5, 5.41) is 3.63. The Kier molecular flexibility index (Phi) is 4.43. The molecule has 0 saturated heterocycles. The number of hydrogen-bond donors (Lipinski definition) is 1.